The van der Waals surface area contributed by atoms with Crippen LogP contribution in [0, 0.1) is 5.92 Å². The third-order valence-corrected chi connectivity index (χ3v) is 2.43. The van der Waals surface area contributed by atoms with Gasteiger partial charge in [0.1, 0.15) is 0 Å². The monoisotopic (exact) mass is 245 g/mol. The molecule has 1 N–H and O–H groups in total. The lowest BCUT2D eigenvalue weighted by Gasteiger charge is -2.18. The summed E-state index contributed by atoms with van der Waals surface area (Å²) in [5, 5.41) is 3.09. The first-order chi connectivity index (χ1) is 7.79. The van der Waals surface area contributed by atoms with Crippen LogP contribution in [-0.2, 0) is 6.18 Å². The van der Waals surface area contributed by atoms with Gasteiger partial charge < -0.3 is 5.32 Å². The second kappa shape index (κ2) is 5.43. The largest absolute Gasteiger partial charge is 0.416 e. The topological polar surface area (TPSA) is 12.0 Å². The number of rotatable bonds is 4. The van der Waals surface area contributed by atoms with Gasteiger partial charge in [0.05, 0.1) is 5.56 Å². The molecule has 0 saturated carbocycles. The molecule has 1 aromatic rings. The first-order valence-electron chi connectivity index (χ1n) is 5.73. The van der Waals surface area contributed by atoms with E-state index in [1.807, 2.05) is 6.92 Å². The number of nitrogens with one attached hydrogen (secondary N) is 1. The molecule has 0 fully saturated rings. The van der Waals surface area contributed by atoms with E-state index in [0.717, 1.165) is 18.6 Å². The maximum absolute atomic E-state index is 12.5. The molecule has 0 aromatic heterocycles. The Morgan fingerprint density at radius 3 is 2.35 bits per heavy atom. The van der Waals surface area contributed by atoms with Crippen molar-refractivity contribution in [3.63, 3.8) is 0 Å². The molecule has 1 nitrogen and oxygen atoms in total. The Hall–Kier alpha value is -1.19. The van der Waals surface area contributed by atoms with Crippen LogP contribution in [0.15, 0.2) is 24.3 Å². The molecule has 0 heterocycles. The zero-order valence-corrected chi connectivity index (χ0v) is 10.3. The minimum atomic E-state index is -4.28. The van der Waals surface area contributed by atoms with E-state index in [0.29, 0.717) is 11.6 Å². The highest BCUT2D eigenvalue weighted by atomic mass is 19.4. The van der Waals surface area contributed by atoms with Gasteiger partial charge in [-0.25, -0.2) is 0 Å². The van der Waals surface area contributed by atoms with Crippen LogP contribution in [0.1, 0.15) is 32.8 Å². The molecular formula is C13H18F3N. The highest BCUT2D eigenvalue weighted by molar-refractivity contribution is 5.47. The number of alkyl halides is 3. The Morgan fingerprint density at radius 1 is 1.18 bits per heavy atom. The smallest absolute Gasteiger partial charge is 0.383 e. The van der Waals surface area contributed by atoms with E-state index >= 15 is 0 Å². The minimum Gasteiger partial charge on any atom is -0.383 e. The highest BCUT2D eigenvalue weighted by Crippen LogP contribution is 2.30. The molecule has 1 unspecified atom stereocenters. The van der Waals surface area contributed by atoms with Crippen LogP contribution < -0.4 is 5.32 Å². The average molecular weight is 245 g/mol. The van der Waals surface area contributed by atoms with Gasteiger partial charge in [0.25, 0.3) is 0 Å². The third-order valence-electron chi connectivity index (χ3n) is 2.43. The van der Waals surface area contributed by atoms with Gasteiger partial charge in [-0.05, 0) is 37.5 Å². The molecule has 0 aliphatic rings. The lowest BCUT2D eigenvalue weighted by atomic mass is 10.0. The molecule has 1 rings (SSSR count). The lowest BCUT2D eigenvalue weighted by molar-refractivity contribution is -0.137. The van der Waals surface area contributed by atoms with Gasteiger partial charge in [0, 0.05) is 11.7 Å². The van der Waals surface area contributed by atoms with Crippen molar-refractivity contribution in [1.29, 1.82) is 0 Å². The normalized spacial score (nSPS) is 13.8. The van der Waals surface area contributed by atoms with E-state index < -0.39 is 11.7 Å². The molecule has 0 bridgehead atoms. The standard InChI is InChI=1S/C13H18F3N/c1-9(2)7-10(3)17-12-6-4-5-11(8-12)13(14,15)16/h4-6,8-10,17H,7H2,1-3H3. The van der Waals surface area contributed by atoms with E-state index in [4.69, 9.17) is 0 Å². The van der Waals surface area contributed by atoms with Gasteiger partial charge in [-0.15, -0.1) is 0 Å². The van der Waals surface area contributed by atoms with Gasteiger partial charge in [-0.2, -0.15) is 13.2 Å². The number of anilines is 1. The summed E-state index contributed by atoms with van der Waals surface area (Å²) in [5.74, 6) is 0.517. The van der Waals surface area contributed by atoms with Crippen LogP contribution in [0.4, 0.5) is 18.9 Å². The molecule has 1 atom stereocenters. The summed E-state index contributed by atoms with van der Waals surface area (Å²) in [5.41, 5.74) is -0.0905. The summed E-state index contributed by atoms with van der Waals surface area (Å²) < 4.78 is 37.5. The molecule has 0 amide bonds. The van der Waals surface area contributed by atoms with Crippen LogP contribution in [0.3, 0.4) is 0 Å². The van der Waals surface area contributed by atoms with E-state index in [9.17, 15) is 13.2 Å². The molecule has 0 aliphatic heterocycles. The van der Waals surface area contributed by atoms with Crippen LogP contribution >= 0.6 is 0 Å². The molecule has 0 spiro atoms. The molecule has 17 heavy (non-hydrogen) atoms. The fourth-order valence-corrected chi connectivity index (χ4v) is 1.84. The maximum atomic E-state index is 12.5. The predicted octanol–water partition coefficient (Wildman–Crippen LogP) is 4.55. The quantitative estimate of drug-likeness (QED) is 0.820. The fourth-order valence-electron chi connectivity index (χ4n) is 1.84. The van der Waals surface area contributed by atoms with E-state index in [1.165, 1.54) is 6.07 Å². The van der Waals surface area contributed by atoms with Crippen LogP contribution in [0.5, 0.6) is 0 Å². The molecule has 0 radical (unpaired) electrons. The zero-order chi connectivity index (χ0) is 13.1. The maximum Gasteiger partial charge on any atom is 0.416 e. The minimum absolute atomic E-state index is 0.165. The van der Waals surface area contributed by atoms with Crippen molar-refractivity contribution >= 4 is 5.69 Å². The van der Waals surface area contributed by atoms with Crippen molar-refractivity contribution in [3.8, 4) is 0 Å². The molecule has 0 saturated heterocycles. The van der Waals surface area contributed by atoms with Crippen molar-refractivity contribution in [2.45, 2.75) is 39.4 Å². The van der Waals surface area contributed by atoms with Crippen molar-refractivity contribution in [2.24, 2.45) is 5.92 Å². The average Bonchev–Trinajstić information content (AvgIpc) is 2.15. The molecule has 96 valence electrons. The second-order valence-corrected chi connectivity index (χ2v) is 4.75. The number of hydrogen-bond acceptors (Lipinski definition) is 1. The van der Waals surface area contributed by atoms with Crippen LogP contribution in [0.2, 0.25) is 0 Å². The summed E-state index contributed by atoms with van der Waals surface area (Å²) in [4.78, 5) is 0. The third kappa shape index (κ3) is 4.67. The van der Waals surface area contributed by atoms with Gasteiger partial charge in [-0.1, -0.05) is 19.9 Å². The number of hydrogen-bond donors (Lipinski definition) is 1. The summed E-state index contributed by atoms with van der Waals surface area (Å²) in [6, 6.07) is 5.48. The Kier molecular flexibility index (Phi) is 4.43. The number of halogens is 3. The molecule has 4 heteroatoms. The highest BCUT2D eigenvalue weighted by Gasteiger charge is 2.30. The molecular weight excluding hydrogens is 227 g/mol. The SMILES string of the molecule is CC(C)CC(C)Nc1cccc(C(F)(F)F)c1. The van der Waals surface area contributed by atoms with E-state index in [2.05, 4.69) is 19.2 Å². The van der Waals surface area contributed by atoms with E-state index in [-0.39, 0.29) is 6.04 Å². The Balaban J connectivity index is 2.72. The van der Waals surface area contributed by atoms with Gasteiger partial charge >= 0.3 is 6.18 Å². The van der Waals surface area contributed by atoms with Gasteiger partial charge in [-0.3, -0.25) is 0 Å². The predicted molar refractivity (Wildman–Crippen MR) is 64.0 cm³/mol. The van der Waals surface area contributed by atoms with Crippen molar-refractivity contribution in [3.05, 3.63) is 29.8 Å². The van der Waals surface area contributed by atoms with Crippen molar-refractivity contribution < 1.29 is 13.2 Å². The summed E-state index contributed by atoms with van der Waals surface area (Å²) in [6.45, 7) is 6.15. The van der Waals surface area contributed by atoms with Gasteiger partial charge in [0.15, 0.2) is 0 Å². The second-order valence-electron chi connectivity index (χ2n) is 4.75. The Morgan fingerprint density at radius 2 is 1.82 bits per heavy atom. The molecule has 1 aromatic carbocycles. The van der Waals surface area contributed by atoms with Gasteiger partial charge in [0.2, 0.25) is 0 Å². The summed E-state index contributed by atoms with van der Waals surface area (Å²) in [7, 11) is 0. The Bertz CT molecular complexity index is 358. The molecule has 0 aliphatic carbocycles. The van der Waals surface area contributed by atoms with E-state index in [1.54, 1.807) is 6.07 Å². The first kappa shape index (κ1) is 13.9. The summed E-state index contributed by atoms with van der Waals surface area (Å²) in [6.07, 6.45) is -3.35. The zero-order valence-electron chi connectivity index (χ0n) is 10.3. The Labute approximate surface area is 100 Å². The lowest BCUT2D eigenvalue weighted by Crippen LogP contribution is -2.17. The first-order valence-corrected chi connectivity index (χ1v) is 5.73. The fraction of sp³-hybridized carbons (Fsp3) is 0.538. The number of benzene rings is 1. The van der Waals surface area contributed by atoms with Crippen molar-refractivity contribution in [1.82, 2.24) is 0 Å². The van der Waals surface area contributed by atoms with Crippen LogP contribution in [-0.4, -0.2) is 6.04 Å². The summed E-state index contributed by atoms with van der Waals surface area (Å²) >= 11 is 0. The van der Waals surface area contributed by atoms with Crippen LogP contribution in [0.25, 0.3) is 0 Å². The van der Waals surface area contributed by atoms with Crippen molar-refractivity contribution in [2.75, 3.05) is 5.32 Å².